The molecule has 174 valence electrons. The van der Waals surface area contributed by atoms with Gasteiger partial charge in [0, 0.05) is 29.9 Å². The van der Waals surface area contributed by atoms with Crippen molar-refractivity contribution in [2.45, 2.75) is 44.4 Å². The fourth-order valence-corrected chi connectivity index (χ4v) is 6.10. The van der Waals surface area contributed by atoms with Gasteiger partial charge in [-0.2, -0.15) is 4.31 Å². The molecular weight excluding hydrogens is 438 g/mol. The van der Waals surface area contributed by atoms with Gasteiger partial charge in [0.1, 0.15) is 10.6 Å². The van der Waals surface area contributed by atoms with Crippen molar-refractivity contribution in [1.82, 2.24) is 9.29 Å². The van der Waals surface area contributed by atoms with E-state index < -0.39 is 10.0 Å². The summed E-state index contributed by atoms with van der Waals surface area (Å²) in [5, 5.41) is 3.87. The fraction of sp³-hybridized carbons (Fsp3) is 0.360. The minimum Gasteiger partial charge on any atom is -0.495 e. The number of hydrogen-bond acceptors (Lipinski definition) is 5. The summed E-state index contributed by atoms with van der Waals surface area (Å²) < 4.78 is 33.3. The smallest absolute Gasteiger partial charge is 0.246 e. The molecule has 8 heteroatoms. The summed E-state index contributed by atoms with van der Waals surface area (Å²) in [5.41, 5.74) is 4.03. The lowest BCUT2D eigenvalue weighted by Gasteiger charge is -2.26. The third kappa shape index (κ3) is 4.72. The first kappa shape index (κ1) is 23.2. The number of anilines is 1. The maximum absolute atomic E-state index is 13.2. The van der Waals surface area contributed by atoms with E-state index in [0.717, 1.165) is 47.0 Å². The maximum atomic E-state index is 13.2. The molecule has 0 aliphatic carbocycles. The number of methoxy groups -OCH3 is 1. The number of aryl methyl sites for hydroxylation is 2. The second-order valence-corrected chi connectivity index (χ2v) is 10.3. The van der Waals surface area contributed by atoms with Gasteiger partial charge in [-0.15, -0.1) is 0 Å². The molecule has 1 amide bonds. The van der Waals surface area contributed by atoms with Gasteiger partial charge in [-0.05, 0) is 62.1 Å². The zero-order valence-corrected chi connectivity index (χ0v) is 20.0. The molecule has 1 saturated heterocycles. The molecule has 1 aliphatic heterocycles. The summed E-state index contributed by atoms with van der Waals surface area (Å²) in [6.07, 6.45) is 2.87. The number of carbonyl (C=O) groups excluding carboxylic acids is 1. The van der Waals surface area contributed by atoms with Crippen LogP contribution in [0.2, 0.25) is 0 Å². The molecule has 3 aromatic rings. The van der Waals surface area contributed by atoms with Crippen molar-refractivity contribution in [1.29, 1.82) is 0 Å². The number of nitrogens with zero attached hydrogens (tertiary/aromatic N) is 2. The van der Waals surface area contributed by atoms with Crippen LogP contribution in [0.5, 0.6) is 5.75 Å². The molecule has 1 aliphatic rings. The Bertz CT molecular complexity index is 1300. The number of nitrogens with one attached hydrogen (secondary N) is 1. The van der Waals surface area contributed by atoms with Gasteiger partial charge < -0.3 is 10.1 Å². The fourth-order valence-electron chi connectivity index (χ4n) is 4.40. The lowest BCUT2D eigenvalue weighted by atomic mass is 9.99. The van der Waals surface area contributed by atoms with E-state index in [4.69, 9.17) is 4.74 Å². The van der Waals surface area contributed by atoms with Gasteiger partial charge >= 0.3 is 0 Å². The van der Waals surface area contributed by atoms with Crippen LogP contribution in [0.3, 0.4) is 0 Å². The predicted octanol–water partition coefficient (Wildman–Crippen LogP) is 4.22. The minimum atomic E-state index is -3.71. The second kappa shape index (κ2) is 9.49. The maximum Gasteiger partial charge on any atom is 0.246 e. The van der Waals surface area contributed by atoms with Crippen LogP contribution in [0.25, 0.3) is 10.9 Å². The molecule has 33 heavy (non-hydrogen) atoms. The monoisotopic (exact) mass is 467 g/mol. The van der Waals surface area contributed by atoms with E-state index >= 15 is 0 Å². The molecule has 0 atom stereocenters. The van der Waals surface area contributed by atoms with Crippen LogP contribution in [0, 0.1) is 13.8 Å². The molecule has 1 N–H and O–H groups in total. The van der Waals surface area contributed by atoms with Crippen molar-refractivity contribution < 1.29 is 17.9 Å². The first-order valence-corrected chi connectivity index (χ1v) is 12.6. The van der Waals surface area contributed by atoms with Gasteiger partial charge in [-0.3, -0.25) is 9.78 Å². The Morgan fingerprint density at radius 2 is 1.82 bits per heavy atom. The Morgan fingerprint density at radius 3 is 2.55 bits per heavy atom. The molecule has 2 aromatic carbocycles. The van der Waals surface area contributed by atoms with E-state index in [2.05, 4.69) is 10.3 Å². The molecule has 4 rings (SSSR count). The summed E-state index contributed by atoms with van der Waals surface area (Å²) in [6.45, 7) is 4.89. The second-order valence-electron chi connectivity index (χ2n) is 8.37. The third-order valence-electron chi connectivity index (χ3n) is 6.20. The molecule has 2 heterocycles. The first-order chi connectivity index (χ1) is 15.8. The van der Waals surface area contributed by atoms with Crippen LogP contribution in [-0.2, 0) is 21.2 Å². The van der Waals surface area contributed by atoms with Crippen LogP contribution in [-0.4, -0.2) is 43.8 Å². The van der Waals surface area contributed by atoms with E-state index in [9.17, 15) is 13.2 Å². The van der Waals surface area contributed by atoms with Gasteiger partial charge in [-0.25, -0.2) is 8.42 Å². The van der Waals surface area contributed by atoms with E-state index in [1.54, 1.807) is 12.1 Å². The summed E-state index contributed by atoms with van der Waals surface area (Å²) >= 11 is 0. The van der Waals surface area contributed by atoms with Crippen LogP contribution in [0.15, 0.2) is 47.4 Å². The van der Waals surface area contributed by atoms with E-state index in [1.165, 1.54) is 17.5 Å². The number of amides is 1. The number of piperidine rings is 1. The van der Waals surface area contributed by atoms with Gasteiger partial charge in [-0.1, -0.05) is 24.6 Å². The number of sulfonamides is 1. The van der Waals surface area contributed by atoms with Crippen molar-refractivity contribution >= 4 is 32.5 Å². The number of aromatic nitrogens is 1. The summed E-state index contributed by atoms with van der Waals surface area (Å²) in [6, 6.07) is 12.6. The van der Waals surface area contributed by atoms with Crippen LogP contribution in [0.1, 0.15) is 36.1 Å². The number of carbonyl (C=O) groups is 1. The van der Waals surface area contributed by atoms with Gasteiger partial charge in [0.15, 0.2) is 0 Å². The predicted molar refractivity (Wildman–Crippen MR) is 129 cm³/mol. The van der Waals surface area contributed by atoms with Crippen LogP contribution < -0.4 is 10.1 Å². The topological polar surface area (TPSA) is 88.6 Å². The summed E-state index contributed by atoms with van der Waals surface area (Å²) in [4.78, 5) is 17.6. The molecule has 0 saturated carbocycles. The normalized spacial score (nSPS) is 14.9. The summed E-state index contributed by atoms with van der Waals surface area (Å²) in [5.74, 6) is 0.0359. The van der Waals surface area contributed by atoms with Crippen molar-refractivity contribution in [2.24, 2.45) is 0 Å². The standard InChI is InChI=1S/C25H29N3O4S/c1-17-20-9-5-6-10-22(20)26-18(2)21(17)16-25(29)27-19-11-12-23(32-3)24(15-19)33(30,31)28-13-7-4-8-14-28/h5-6,9-12,15H,4,7-8,13-14,16H2,1-3H3,(H,27,29). The van der Waals surface area contributed by atoms with E-state index in [-0.39, 0.29) is 23.0 Å². The molecule has 1 aromatic heterocycles. The lowest BCUT2D eigenvalue weighted by Crippen LogP contribution is -2.35. The highest BCUT2D eigenvalue weighted by molar-refractivity contribution is 7.89. The minimum absolute atomic E-state index is 0.0735. The zero-order chi connectivity index (χ0) is 23.6. The van der Waals surface area contributed by atoms with E-state index in [0.29, 0.717) is 18.8 Å². The molecule has 1 fully saturated rings. The molecule has 0 spiro atoms. The first-order valence-electron chi connectivity index (χ1n) is 11.1. The van der Waals surface area contributed by atoms with Gasteiger partial charge in [0.25, 0.3) is 0 Å². The Hall–Kier alpha value is -2.97. The van der Waals surface area contributed by atoms with Crippen molar-refractivity contribution in [3.8, 4) is 5.75 Å². The highest BCUT2D eigenvalue weighted by atomic mass is 32.2. The Kier molecular flexibility index (Phi) is 6.67. The van der Waals surface area contributed by atoms with Gasteiger partial charge in [0.2, 0.25) is 15.9 Å². The highest BCUT2D eigenvalue weighted by Gasteiger charge is 2.29. The number of pyridine rings is 1. The largest absolute Gasteiger partial charge is 0.495 e. The van der Waals surface area contributed by atoms with E-state index in [1.807, 2.05) is 38.1 Å². The molecule has 0 unspecified atom stereocenters. The van der Waals surface area contributed by atoms with Gasteiger partial charge in [0.05, 0.1) is 19.0 Å². The SMILES string of the molecule is COc1ccc(NC(=O)Cc2c(C)nc3ccccc3c2C)cc1S(=O)(=O)N1CCCCC1. The van der Waals surface area contributed by atoms with Crippen LogP contribution >= 0.6 is 0 Å². The Morgan fingerprint density at radius 1 is 1.09 bits per heavy atom. The van der Waals surface area contributed by atoms with Crippen molar-refractivity contribution in [3.05, 3.63) is 59.3 Å². The quantitative estimate of drug-likeness (QED) is 0.587. The summed E-state index contributed by atoms with van der Waals surface area (Å²) in [7, 11) is -2.27. The lowest BCUT2D eigenvalue weighted by molar-refractivity contribution is -0.115. The third-order valence-corrected chi connectivity index (χ3v) is 8.12. The highest BCUT2D eigenvalue weighted by Crippen LogP contribution is 2.31. The molecule has 0 radical (unpaired) electrons. The number of hydrogen-bond donors (Lipinski definition) is 1. The number of benzene rings is 2. The number of para-hydroxylation sites is 1. The number of ether oxygens (including phenoxy) is 1. The number of fused-ring (bicyclic) bond motifs is 1. The molecule has 7 nitrogen and oxygen atoms in total. The average molecular weight is 468 g/mol. The van der Waals surface area contributed by atoms with Crippen LogP contribution in [0.4, 0.5) is 5.69 Å². The Balaban J connectivity index is 1.59. The molecular formula is C25H29N3O4S. The molecule has 0 bridgehead atoms. The van der Waals surface area contributed by atoms with Crippen molar-refractivity contribution in [3.63, 3.8) is 0 Å². The van der Waals surface area contributed by atoms with Crippen molar-refractivity contribution in [2.75, 3.05) is 25.5 Å². The number of rotatable bonds is 6. The average Bonchev–Trinajstić information content (AvgIpc) is 2.82. The zero-order valence-electron chi connectivity index (χ0n) is 19.2. The Labute approximate surface area is 194 Å².